The molecule has 0 saturated heterocycles. The first-order valence-corrected chi connectivity index (χ1v) is 6.64. The summed E-state index contributed by atoms with van der Waals surface area (Å²) >= 11 is 1.41. The van der Waals surface area contributed by atoms with E-state index < -0.39 is 11.5 Å². The fraction of sp³-hybridized carbons (Fsp3) is 0.636. The molecule has 0 radical (unpaired) electrons. The largest absolute Gasteiger partial charge is 0.480 e. The molecule has 1 amide bonds. The normalized spacial score (nSPS) is 19.6. The Morgan fingerprint density at radius 1 is 1.31 bits per heavy atom. The quantitative estimate of drug-likeness (QED) is 0.738. The number of amides is 1. The van der Waals surface area contributed by atoms with E-state index in [9.17, 15) is 14.7 Å². The van der Waals surface area contributed by atoms with Gasteiger partial charge < -0.3 is 10.4 Å². The highest BCUT2D eigenvalue weighted by Crippen LogP contribution is 2.28. The first kappa shape index (κ1) is 13.1. The van der Waals surface area contributed by atoms with Crippen LogP contribution in [0.25, 0.3) is 0 Å². The SMILES string of the molecule is CS/C=C/C(=O)NC1(C(=O)O)CCCCC1. The van der Waals surface area contributed by atoms with Gasteiger partial charge >= 0.3 is 5.97 Å². The van der Waals surface area contributed by atoms with Crippen molar-refractivity contribution in [3.8, 4) is 0 Å². The highest BCUT2D eigenvalue weighted by molar-refractivity contribution is 8.01. The van der Waals surface area contributed by atoms with Crippen molar-refractivity contribution < 1.29 is 14.7 Å². The van der Waals surface area contributed by atoms with Crippen molar-refractivity contribution in [2.24, 2.45) is 0 Å². The number of rotatable bonds is 4. The average molecular weight is 243 g/mol. The van der Waals surface area contributed by atoms with E-state index in [1.54, 1.807) is 5.41 Å². The summed E-state index contributed by atoms with van der Waals surface area (Å²) in [4.78, 5) is 22.7. The fourth-order valence-corrected chi connectivity index (χ4v) is 2.21. The number of nitrogens with one attached hydrogen (secondary N) is 1. The van der Waals surface area contributed by atoms with Crippen LogP contribution in [0.1, 0.15) is 32.1 Å². The number of hydrogen-bond acceptors (Lipinski definition) is 3. The fourth-order valence-electron chi connectivity index (χ4n) is 1.95. The van der Waals surface area contributed by atoms with E-state index in [0.717, 1.165) is 19.3 Å². The molecule has 2 N–H and O–H groups in total. The Hall–Kier alpha value is -0.970. The Morgan fingerprint density at radius 2 is 1.94 bits per heavy atom. The number of carboxylic acid groups (broad SMARTS) is 1. The summed E-state index contributed by atoms with van der Waals surface area (Å²) in [6.07, 6.45) is 7.05. The summed E-state index contributed by atoms with van der Waals surface area (Å²) in [6.45, 7) is 0. The zero-order valence-electron chi connectivity index (χ0n) is 9.36. The van der Waals surface area contributed by atoms with Gasteiger partial charge in [0.25, 0.3) is 0 Å². The topological polar surface area (TPSA) is 66.4 Å². The minimum atomic E-state index is -1.04. The molecule has 1 aliphatic rings. The van der Waals surface area contributed by atoms with Gasteiger partial charge in [0.2, 0.25) is 5.91 Å². The molecule has 0 atom stereocenters. The third-order valence-corrected chi connectivity index (χ3v) is 3.24. The summed E-state index contributed by atoms with van der Waals surface area (Å²) in [5, 5.41) is 13.5. The van der Waals surface area contributed by atoms with Crippen LogP contribution in [-0.2, 0) is 9.59 Å². The minimum Gasteiger partial charge on any atom is -0.480 e. The van der Waals surface area contributed by atoms with Crippen LogP contribution in [0.15, 0.2) is 11.5 Å². The Morgan fingerprint density at radius 3 is 2.44 bits per heavy atom. The Balaban J connectivity index is 2.67. The van der Waals surface area contributed by atoms with Crippen molar-refractivity contribution in [3.63, 3.8) is 0 Å². The Kier molecular flexibility index (Phi) is 4.86. The van der Waals surface area contributed by atoms with Crippen LogP contribution >= 0.6 is 11.8 Å². The summed E-state index contributed by atoms with van der Waals surface area (Å²) in [7, 11) is 0. The highest BCUT2D eigenvalue weighted by atomic mass is 32.2. The lowest BCUT2D eigenvalue weighted by Crippen LogP contribution is -2.55. The molecule has 0 heterocycles. The van der Waals surface area contributed by atoms with E-state index in [0.29, 0.717) is 12.8 Å². The van der Waals surface area contributed by atoms with Crippen LogP contribution in [-0.4, -0.2) is 28.8 Å². The van der Waals surface area contributed by atoms with Crippen molar-refractivity contribution in [2.75, 3.05) is 6.26 Å². The zero-order valence-corrected chi connectivity index (χ0v) is 10.2. The number of thioether (sulfide) groups is 1. The average Bonchev–Trinajstić information content (AvgIpc) is 2.27. The molecule has 1 saturated carbocycles. The molecule has 0 spiro atoms. The van der Waals surface area contributed by atoms with Gasteiger partial charge in [-0.2, -0.15) is 0 Å². The van der Waals surface area contributed by atoms with Gasteiger partial charge in [-0.05, 0) is 24.5 Å². The maximum absolute atomic E-state index is 11.5. The second kappa shape index (κ2) is 5.94. The van der Waals surface area contributed by atoms with Gasteiger partial charge in [0.1, 0.15) is 5.54 Å². The molecule has 1 fully saturated rings. The molecule has 5 heteroatoms. The van der Waals surface area contributed by atoms with Gasteiger partial charge in [-0.15, -0.1) is 11.8 Å². The van der Waals surface area contributed by atoms with Crippen molar-refractivity contribution in [2.45, 2.75) is 37.6 Å². The third kappa shape index (κ3) is 3.27. The molecular formula is C11H17NO3S. The number of carboxylic acids is 1. The highest BCUT2D eigenvalue weighted by Gasteiger charge is 2.40. The van der Waals surface area contributed by atoms with E-state index >= 15 is 0 Å². The predicted octanol–water partition coefficient (Wildman–Crippen LogP) is 1.77. The van der Waals surface area contributed by atoms with E-state index in [4.69, 9.17) is 0 Å². The smallest absolute Gasteiger partial charge is 0.329 e. The lowest BCUT2D eigenvalue weighted by atomic mass is 9.81. The van der Waals surface area contributed by atoms with E-state index in [-0.39, 0.29) is 5.91 Å². The Labute approximate surface area is 99.5 Å². The first-order valence-electron chi connectivity index (χ1n) is 5.35. The molecule has 90 valence electrons. The van der Waals surface area contributed by atoms with Crippen LogP contribution in [0.2, 0.25) is 0 Å². The number of carbonyl (C=O) groups is 2. The molecule has 4 nitrogen and oxygen atoms in total. The van der Waals surface area contributed by atoms with Gasteiger partial charge in [-0.1, -0.05) is 19.3 Å². The van der Waals surface area contributed by atoms with Crippen molar-refractivity contribution in [1.29, 1.82) is 0 Å². The van der Waals surface area contributed by atoms with Crippen LogP contribution in [0, 0.1) is 0 Å². The molecule has 0 bridgehead atoms. The lowest BCUT2D eigenvalue weighted by molar-refractivity contribution is -0.148. The van der Waals surface area contributed by atoms with Gasteiger partial charge in [0, 0.05) is 6.08 Å². The van der Waals surface area contributed by atoms with Crippen molar-refractivity contribution in [3.05, 3.63) is 11.5 Å². The molecule has 16 heavy (non-hydrogen) atoms. The molecule has 0 aliphatic heterocycles. The van der Waals surface area contributed by atoms with Gasteiger partial charge in [-0.3, -0.25) is 4.79 Å². The van der Waals surface area contributed by atoms with Gasteiger partial charge in [0.05, 0.1) is 0 Å². The minimum absolute atomic E-state index is 0.321. The monoisotopic (exact) mass is 243 g/mol. The number of hydrogen-bond donors (Lipinski definition) is 2. The molecule has 0 aromatic heterocycles. The van der Waals surface area contributed by atoms with Crippen LogP contribution < -0.4 is 5.32 Å². The van der Waals surface area contributed by atoms with Crippen molar-refractivity contribution >= 4 is 23.6 Å². The summed E-state index contributed by atoms with van der Waals surface area (Å²) < 4.78 is 0. The molecule has 1 aliphatic carbocycles. The first-order chi connectivity index (χ1) is 7.60. The number of aliphatic carboxylic acids is 1. The van der Waals surface area contributed by atoms with E-state index in [1.165, 1.54) is 17.8 Å². The van der Waals surface area contributed by atoms with E-state index in [1.807, 2.05) is 6.26 Å². The zero-order chi connectivity index (χ0) is 12.0. The molecule has 0 aromatic carbocycles. The predicted molar refractivity (Wildman–Crippen MR) is 64.2 cm³/mol. The molecule has 1 rings (SSSR count). The summed E-state index contributed by atoms with van der Waals surface area (Å²) in [5.41, 5.74) is -1.04. The second-order valence-corrected chi connectivity index (χ2v) is 4.72. The summed E-state index contributed by atoms with van der Waals surface area (Å²) in [6, 6.07) is 0. The molecule has 0 unspecified atom stereocenters. The molecular weight excluding hydrogens is 226 g/mol. The lowest BCUT2D eigenvalue weighted by Gasteiger charge is -2.33. The standard InChI is InChI=1S/C11H17NO3S/c1-16-8-5-9(13)12-11(10(14)15)6-3-2-4-7-11/h5,8H,2-4,6-7H2,1H3,(H,12,13)(H,14,15)/b8-5+. The third-order valence-electron chi connectivity index (χ3n) is 2.83. The molecule has 0 aromatic rings. The van der Waals surface area contributed by atoms with E-state index in [2.05, 4.69) is 5.32 Å². The Bertz CT molecular complexity index is 296. The van der Waals surface area contributed by atoms with Gasteiger partial charge in [-0.25, -0.2) is 4.79 Å². The summed E-state index contributed by atoms with van der Waals surface area (Å²) in [5.74, 6) is -1.24. The van der Waals surface area contributed by atoms with Gasteiger partial charge in [0.15, 0.2) is 0 Å². The van der Waals surface area contributed by atoms with Crippen LogP contribution in [0.5, 0.6) is 0 Å². The maximum atomic E-state index is 11.5. The number of carbonyl (C=O) groups excluding carboxylic acids is 1. The van der Waals surface area contributed by atoms with Crippen molar-refractivity contribution in [1.82, 2.24) is 5.32 Å². The van der Waals surface area contributed by atoms with Crippen LogP contribution in [0.4, 0.5) is 0 Å². The van der Waals surface area contributed by atoms with Crippen LogP contribution in [0.3, 0.4) is 0 Å². The maximum Gasteiger partial charge on any atom is 0.329 e. The second-order valence-electron chi connectivity index (χ2n) is 3.98.